The third-order valence-corrected chi connectivity index (χ3v) is 7.58. The van der Waals surface area contributed by atoms with Gasteiger partial charge in [-0.1, -0.05) is 0 Å². The van der Waals surface area contributed by atoms with Crippen molar-refractivity contribution in [2.45, 2.75) is 51.2 Å². The summed E-state index contributed by atoms with van der Waals surface area (Å²) in [5.74, 6) is 2.93. The van der Waals surface area contributed by atoms with Gasteiger partial charge in [-0.3, -0.25) is 4.90 Å². The first-order chi connectivity index (χ1) is 16.0. The number of likely N-dealkylation sites (tertiary alicyclic amines) is 1. The summed E-state index contributed by atoms with van der Waals surface area (Å²) in [6.07, 6.45) is 4.79. The predicted molar refractivity (Wildman–Crippen MR) is 127 cm³/mol. The predicted octanol–water partition coefficient (Wildman–Crippen LogP) is 2.58. The van der Waals surface area contributed by atoms with E-state index in [0.717, 1.165) is 61.8 Å². The van der Waals surface area contributed by atoms with Crippen LogP contribution in [-0.4, -0.2) is 81.3 Å². The lowest BCUT2D eigenvalue weighted by atomic mass is 9.85. The molecule has 174 valence electrons. The standard InChI is InChI=1S/C25H32N6O2/c1-16-9-19-12-26-31(25-11-24(27-17(2)28-25)30-8-5-21(32)13-30)23(19)10-22(16)18-3-6-29(7-4-18)20-14-33-15-20/h9-12,18,20-21,32H,3-8,13-15H2,1-2H3/t21-/m1/s1. The Morgan fingerprint density at radius 3 is 2.45 bits per heavy atom. The molecule has 8 heteroatoms. The maximum Gasteiger partial charge on any atom is 0.159 e. The highest BCUT2D eigenvalue weighted by Crippen LogP contribution is 2.34. The minimum atomic E-state index is -0.289. The fraction of sp³-hybridized carbons (Fsp3) is 0.560. The number of hydrogen-bond acceptors (Lipinski definition) is 7. The molecule has 1 aromatic carbocycles. The topological polar surface area (TPSA) is 79.5 Å². The molecule has 3 aliphatic rings. The number of anilines is 1. The second-order valence-electron chi connectivity index (χ2n) is 9.85. The molecule has 3 aliphatic heterocycles. The first-order valence-electron chi connectivity index (χ1n) is 12.1. The first-order valence-corrected chi connectivity index (χ1v) is 12.1. The van der Waals surface area contributed by atoms with E-state index in [9.17, 15) is 5.11 Å². The maximum atomic E-state index is 9.96. The zero-order chi connectivity index (χ0) is 22.5. The van der Waals surface area contributed by atoms with Gasteiger partial charge in [-0.25, -0.2) is 14.6 Å². The number of hydrogen-bond donors (Lipinski definition) is 1. The highest BCUT2D eigenvalue weighted by molar-refractivity contribution is 5.82. The number of aliphatic hydroxyl groups excluding tert-OH is 1. The molecule has 1 atom stereocenters. The third-order valence-electron chi connectivity index (χ3n) is 7.58. The number of fused-ring (bicyclic) bond motifs is 1. The molecule has 1 N–H and O–H groups in total. The number of aromatic nitrogens is 4. The molecule has 3 fully saturated rings. The summed E-state index contributed by atoms with van der Waals surface area (Å²) in [4.78, 5) is 14.1. The summed E-state index contributed by atoms with van der Waals surface area (Å²) < 4.78 is 7.34. The number of ether oxygens (including phenoxy) is 1. The van der Waals surface area contributed by atoms with Gasteiger partial charge in [-0.05, 0) is 75.4 Å². The summed E-state index contributed by atoms with van der Waals surface area (Å²) in [6, 6.07) is 7.23. The number of aryl methyl sites for hydroxylation is 2. The molecule has 8 nitrogen and oxygen atoms in total. The Labute approximate surface area is 194 Å². The lowest BCUT2D eigenvalue weighted by Gasteiger charge is -2.41. The maximum absolute atomic E-state index is 9.96. The van der Waals surface area contributed by atoms with Crippen molar-refractivity contribution >= 4 is 16.7 Å². The van der Waals surface area contributed by atoms with Crippen LogP contribution in [0.5, 0.6) is 0 Å². The minimum Gasteiger partial charge on any atom is -0.391 e. The Hall–Kier alpha value is -2.55. The summed E-state index contributed by atoms with van der Waals surface area (Å²) >= 11 is 0. The number of aliphatic hydroxyl groups is 1. The molecule has 0 saturated carbocycles. The molecule has 0 spiro atoms. The summed E-state index contributed by atoms with van der Waals surface area (Å²) in [6.45, 7) is 9.65. The zero-order valence-corrected chi connectivity index (χ0v) is 19.4. The van der Waals surface area contributed by atoms with E-state index < -0.39 is 0 Å². The van der Waals surface area contributed by atoms with Gasteiger partial charge in [-0.15, -0.1) is 0 Å². The van der Waals surface area contributed by atoms with Crippen LogP contribution >= 0.6 is 0 Å². The monoisotopic (exact) mass is 448 g/mol. The van der Waals surface area contributed by atoms with E-state index in [-0.39, 0.29) is 6.10 Å². The van der Waals surface area contributed by atoms with E-state index >= 15 is 0 Å². The Bertz CT molecular complexity index is 1170. The third kappa shape index (κ3) is 3.90. The Morgan fingerprint density at radius 1 is 0.970 bits per heavy atom. The molecule has 5 heterocycles. The normalized spacial score (nSPS) is 22.9. The van der Waals surface area contributed by atoms with Crippen LogP contribution < -0.4 is 4.90 Å². The second kappa shape index (κ2) is 8.34. The van der Waals surface area contributed by atoms with Gasteiger partial charge < -0.3 is 14.7 Å². The average molecular weight is 449 g/mol. The van der Waals surface area contributed by atoms with Crippen molar-refractivity contribution in [3.05, 3.63) is 41.3 Å². The fourth-order valence-corrected chi connectivity index (χ4v) is 5.59. The SMILES string of the molecule is Cc1nc(N2CC[C@@H](O)C2)cc(-n2ncc3cc(C)c(C4CCN(C5COC5)CC4)cc32)n1. The minimum absolute atomic E-state index is 0.289. The van der Waals surface area contributed by atoms with Crippen molar-refractivity contribution in [3.8, 4) is 5.82 Å². The molecule has 3 aromatic rings. The van der Waals surface area contributed by atoms with Crippen LogP contribution in [0.15, 0.2) is 24.4 Å². The number of piperidine rings is 1. The van der Waals surface area contributed by atoms with Gasteiger partial charge in [0.15, 0.2) is 5.82 Å². The van der Waals surface area contributed by atoms with E-state index in [1.807, 2.05) is 23.9 Å². The van der Waals surface area contributed by atoms with E-state index in [1.54, 1.807) is 0 Å². The lowest BCUT2D eigenvalue weighted by molar-refractivity contribution is -0.0712. The van der Waals surface area contributed by atoms with E-state index in [1.165, 1.54) is 24.0 Å². The molecule has 6 rings (SSSR count). The molecule has 0 amide bonds. The van der Waals surface area contributed by atoms with Crippen molar-refractivity contribution < 1.29 is 9.84 Å². The summed E-state index contributed by atoms with van der Waals surface area (Å²) in [5, 5.41) is 15.8. The van der Waals surface area contributed by atoms with E-state index in [0.29, 0.717) is 24.3 Å². The van der Waals surface area contributed by atoms with Crippen molar-refractivity contribution in [3.63, 3.8) is 0 Å². The Kier molecular flexibility index (Phi) is 5.31. The van der Waals surface area contributed by atoms with Gasteiger partial charge in [0, 0.05) is 24.5 Å². The highest BCUT2D eigenvalue weighted by Gasteiger charge is 2.31. The van der Waals surface area contributed by atoms with Crippen LogP contribution in [0.2, 0.25) is 0 Å². The van der Waals surface area contributed by atoms with Crippen LogP contribution in [0.25, 0.3) is 16.7 Å². The van der Waals surface area contributed by atoms with Gasteiger partial charge in [0.1, 0.15) is 11.6 Å². The number of rotatable bonds is 4. The van der Waals surface area contributed by atoms with Crippen LogP contribution in [0.4, 0.5) is 5.82 Å². The fourth-order valence-electron chi connectivity index (χ4n) is 5.59. The first kappa shape index (κ1) is 21.0. The summed E-state index contributed by atoms with van der Waals surface area (Å²) in [5.41, 5.74) is 3.87. The summed E-state index contributed by atoms with van der Waals surface area (Å²) in [7, 11) is 0. The zero-order valence-electron chi connectivity index (χ0n) is 19.4. The van der Waals surface area contributed by atoms with E-state index in [2.05, 4.69) is 33.8 Å². The van der Waals surface area contributed by atoms with Gasteiger partial charge in [0.2, 0.25) is 0 Å². The quantitative estimate of drug-likeness (QED) is 0.657. The van der Waals surface area contributed by atoms with Crippen LogP contribution in [0.1, 0.15) is 42.1 Å². The van der Waals surface area contributed by atoms with Gasteiger partial charge in [0.25, 0.3) is 0 Å². The Balaban J connectivity index is 1.31. The molecular formula is C25H32N6O2. The second-order valence-corrected chi connectivity index (χ2v) is 9.85. The van der Waals surface area contributed by atoms with Crippen LogP contribution in [-0.2, 0) is 4.74 Å². The lowest BCUT2D eigenvalue weighted by Crippen LogP contribution is -2.51. The highest BCUT2D eigenvalue weighted by atomic mass is 16.5. The van der Waals surface area contributed by atoms with Gasteiger partial charge in [-0.2, -0.15) is 5.10 Å². The number of benzene rings is 1. The Morgan fingerprint density at radius 2 is 1.76 bits per heavy atom. The molecule has 0 radical (unpaired) electrons. The van der Waals surface area contributed by atoms with Gasteiger partial charge >= 0.3 is 0 Å². The average Bonchev–Trinajstić information content (AvgIpc) is 3.38. The van der Waals surface area contributed by atoms with Crippen LogP contribution in [0.3, 0.4) is 0 Å². The molecule has 0 aliphatic carbocycles. The molecule has 0 unspecified atom stereocenters. The van der Waals surface area contributed by atoms with Crippen LogP contribution in [0, 0.1) is 13.8 Å². The molecule has 0 bridgehead atoms. The molecule has 2 aromatic heterocycles. The van der Waals surface area contributed by atoms with Crippen molar-refractivity contribution in [1.29, 1.82) is 0 Å². The van der Waals surface area contributed by atoms with Crippen molar-refractivity contribution in [1.82, 2.24) is 24.6 Å². The van der Waals surface area contributed by atoms with E-state index in [4.69, 9.17) is 14.8 Å². The van der Waals surface area contributed by atoms with Crippen molar-refractivity contribution in [2.75, 3.05) is 44.3 Å². The smallest absolute Gasteiger partial charge is 0.159 e. The number of β-amino-alcohol motifs (C(OH)–C–C–N with tert-alkyl or cyclic N) is 1. The number of nitrogens with zero attached hydrogens (tertiary/aromatic N) is 6. The van der Waals surface area contributed by atoms with Gasteiger partial charge in [0.05, 0.1) is 37.1 Å². The molecule has 3 saturated heterocycles. The largest absolute Gasteiger partial charge is 0.391 e. The molecule has 33 heavy (non-hydrogen) atoms. The van der Waals surface area contributed by atoms with Crippen molar-refractivity contribution in [2.24, 2.45) is 0 Å². The molecular weight excluding hydrogens is 416 g/mol.